The van der Waals surface area contributed by atoms with Gasteiger partial charge in [0.15, 0.2) is 0 Å². The lowest BCUT2D eigenvalue weighted by Gasteiger charge is -2.15. The van der Waals surface area contributed by atoms with Gasteiger partial charge < -0.3 is 0 Å². The lowest BCUT2D eigenvalue weighted by Crippen LogP contribution is -1.99. The molecule has 0 bridgehead atoms. The fraction of sp³-hybridized carbons (Fsp3) is 0.176. The summed E-state index contributed by atoms with van der Waals surface area (Å²) in [5.41, 5.74) is 7.01. The van der Waals surface area contributed by atoms with Crippen LogP contribution in [0.2, 0.25) is 0 Å². The molecule has 0 saturated heterocycles. The molecule has 0 amide bonds. The fourth-order valence-corrected chi connectivity index (χ4v) is 2.74. The Hall–Kier alpha value is -1.82. The minimum atomic E-state index is 0.450. The number of benzene rings is 2. The Morgan fingerprint density at radius 1 is 0.882 bits per heavy atom. The Labute approximate surface area is 103 Å². The number of allylic oxidation sites excluding steroid dienone is 1. The molecule has 0 radical (unpaired) electrons. The zero-order valence-corrected chi connectivity index (χ0v) is 10.3. The molecule has 1 aliphatic carbocycles. The highest BCUT2D eigenvalue weighted by atomic mass is 14.3. The van der Waals surface area contributed by atoms with E-state index in [1.807, 2.05) is 0 Å². The van der Waals surface area contributed by atoms with Crippen LogP contribution < -0.4 is 0 Å². The Morgan fingerprint density at radius 2 is 1.65 bits per heavy atom. The number of rotatable bonds is 1. The number of hydrogen-bond acceptors (Lipinski definition) is 0. The third kappa shape index (κ3) is 1.70. The van der Waals surface area contributed by atoms with E-state index in [-0.39, 0.29) is 0 Å². The van der Waals surface area contributed by atoms with E-state index < -0.39 is 0 Å². The molecular weight excluding hydrogens is 204 g/mol. The first-order chi connectivity index (χ1) is 8.25. The fourth-order valence-electron chi connectivity index (χ4n) is 2.74. The van der Waals surface area contributed by atoms with E-state index in [4.69, 9.17) is 0 Å². The number of aryl methyl sites for hydroxylation is 1. The minimum absolute atomic E-state index is 0.450. The maximum absolute atomic E-state index is 2.32. The van der Waals surface area contributed by atoms with Crippen LogP contribution in [0.25, 0.3) is 6.08 Å². The van der Waals surface area contributed by atoms with Gasteiger partial charge >= 0.3 is 0 Å². The molecule has 17 heavy (non-hydrogen) atoms. The van der Waals surface area contributed by atoms with Crippen molar-refractivity contribution in [2.24, 2.45) is 0 Å². The molecule has 0 fully saturated rings. The van der Waals surface area contributed by atoms with Gasteiger partial charge in [-0.2, -0.15) is 0 Å². The first-order valence-electron chi connectivity index (χ1n) is 6.09. The molecule has 0 heteroatoms. The topological polar surface area (TPSA) is 0 Å². The van der Waals surface area contributed by atoms with E-state index in [1.54, 1.807) is 0 Å². The lowest BCUT2D eigenvalue weighted by atomic mass is 9.88. The summed E-state index contributed by atoms with van der Waals surface area (Å²) in [6.07, 6.45) is 2.31. The van der Waals surface area contributed by atoms with Crippen LogP contribution in [0, 0.1) is 6.92 Å². The van der Waals surface area contributed by atoms with E-state index >= 15 is 0 Å². The lowest BCUT2D eigenvalue weighted by molar-refractivity contribution is 0.974. The summed E-state index contributed by atoms with van der Waals surface area (Å²) in [7, 11) is 0. The molecule has 2 aromatic carbocycles. The molecule has 0 nitrogen and oxygen atoms in total. The molecule has 0 saturated carbocycles. The van der Waals surface area contributed by atoms with Gasteiger partial charge in [-0.25, -0.2) is 0 Å². The SMILES string of the molecule is CC1=Cc2ccc(C)cc2C1c1ccccc1. The van der Waals surface area contributed by atoms with Crippen LogP contribution in [0.4, 0.5) is 0 Å². The van der Waals surface area contributed by atoms with E-state index in [0.717, 1.165) is 0 Å². The molecule has 0 aliphatic heterocycles. The molecule has 2 aromatic rings. The van der Waals surface area contributed by atoms with Gasteiger partial charge in [0, 0.05) is 5.92 Å². The van der Waals surface area contributed by atoms with Gasteiger partial charge in [-0.1, -0.05) is 65.7 Å². The largest absolute Gasteiger partial charge is 0.0622 e. The predicted molar refractivity (Wildman–Crippen MR) is 73.1 cm³/mol. The van der Waals surface area contributed by atoms with Crippen LogP contribution in [0.1, 0.15) is 35.1 Å². The molecule has 3 rings (SSSR count). The van der Waals surface area contributed by atoms with Crippen molar-refractivity contribution in [2.75, 3.05) is 0 Å². The second-order valence-electron chi connectivity index (χ2n) is 4.86. The summed E-state index contributed by atoms with van der Waals surface area (Å²) in [5, 5.41) is 0. The molecule has 1 aliphatic rings. The van der Waals surface area contributed by atoms with E-state index in [1.165, 1.54) is 27.8 Å². The quantitative estimate of drug-likeness (QED) is 0.661. The standard InChI is InChI=1S/C17H16/c1-12-8-9-15-11-13(2)17(16(15)10-12)14-6-4-3-5-7-14/h3-11,17H,1-2H3. The molecule has 0 spiro atoms. The van der Waals surface area contributed by atoms with Crippen LogP contribution in [0.5, 0.6) is 0 Å². The third-order valence-electron chi connectivity index (χ3n) is 3.52. The summed E-state index contributed by atoms with van der Waals surface area (Å²) in [6.45, 7) is 4.39. The van der Waals surface area contributed by atoms with Gasteiger partial charge in [-0.05, 0) is 30.5 Å². The Kier molecular flexibility index (Phi) is 2.36. The van der Waals surface area contributed by atoms with E-state index in [2.05, 4.69) is 68.5 Å². The molecule has 0 heterocycles. The van der Waals surface area contributed by atoms with Crippen molar-refractivity contribution in [3.63, 3.8) is 0 Å². The molecule has 1 unspecified atom stereocenters. The summed E-state index contributed by atoms with van der Waals surface area (Å²) < 4.78 is 0. The van der Waals surface area contributed by atoms with E-state index in [9.17, 15) is 0 Å². The van der Waals surface area contributed by atoms with Crippen molar-refractivity contribution in [3.05, 3.63) is 76.4 Å². The maximum Gasteiger partial charge on any atom is 0.0305 e. The van der Waals surface area contributed by atoms with Gasteiger partial charge in [0.1, 0.15) is 0 Å². The number of hydrogen-bond donors (Lipinski definition) is 0. The monoisotopic (exact) mass is 220 g/mol. The second kappa shape index (κ2) is 3.89. The molecule has 0 N–H and O–H groups in total. The van der Waals surface area contributed by atoms with E-state index in [0.29, 0.717) is 5.92 Å². The summed E-state index contributed by atoms with van der Waals surface area (Å²) >= 11 is 0. The first kappa shape index (κ1) is 10.3. The first-order valence-corrected chi connectivity index (χ1v) is 6.09. The van der Waals surface area contributed by atoms with Crippen molar-refractivity contribution in [1.82, 2.24) is 0 Å². The van der Waals surface area contributed by atoms with Crippen molar-refractivity contribution in [3.8, 4) is 0 Å². The minimum Gasteiger partial charge on any atom is -0.0622 e. The molecule has 84 valence electrons. The third-order valence-corrected chi connectivity index (χ3v) is 3.52. The van der Waals surface area contributed by atoms with Gasteiger partial charge in [-0.3, -0.25) is 0 Å². The summed E-state index contributed by atoms with van der Waals surface area (Å²) in [4.78, 5) is 0. The normalized spacial score (nSPS) is 17.8. The van der Waals surface area contributed by atoms with Crippen molar-refractivity contribution < 1.29 is 0 Å². The zero-order chi connectivity index (χ0) is 11.8. The second-order valence-corrected chi connectivity index (χ2v) is 4.86. The van der Waals surface area contributed by atoms with Crippen molar-refractivity contribution >= 4 is 6.08 Å². The van der Waals surface area contributed by atoms with Crippen LogP contribution in [-0.4, -0.2) is 0 Å². The zero-order valence-electron chi connectivity index (χ0n) is 10.3. The van der Waals surface area contributed by atoms with Crippen molar-refractivity contribution in [2.45, 2.75) is 19.8 Å². The highest BCUT2D eigenvalue weighted by Gasteiger charge is 2.23. The molecule has 1 atom stereocenters. The van der Waals surface area contributed by atoms with Crippen LogP contribution in [0.15, 0.2) is 54.1 Å². The van der Waals surface area contributed by atoms with Gasteiger partial charge in [0.2, 0.25) is 0 Å². The van der Waals surface area contributed by atoms with Gasteiger partial charge in [0.25, 0.3) is 0 Å². The molecule has 0 aromatic heterocycles. The average Bonchev–Trinajstić information content (AvgIpc) is 2.65. The van der Waals surface area contributed by atoms with Crippen LogP contribution in [-0.2, 0) is 0 Å². The Balaban J connectivity index is 2.15. The highest BCUT2D eigenvalue weighted by molar-refractivity contribution is 5.69. The molecular formula is C17H16. The average molecular weight is 220 g/mol. The smallest absolute Gasteiger partial charge is 0.0305 e. The number of fused-ring (bicyclic) bond motifs is 1. The highest BCUT2D eigenvalue weighted by Crippen LogP contribution is 2.40. The summed E-state index contributed by atoms with van der Waals surface area (Å²) in [6, 6.07) is 17.5. The summed E-state index contributed by atoms with van der Waals surface area (Å²) in [5.74, 6) is 0.450. The van der Waals surface area contributed by atoms with Gasteiger partial charge in [0.05, 0.1) is 0 Å². The Morgan fingerprint density at radius 3 is 2.41 bits per heavy atom. The van der Waals surface area contributed by atoms with Crippen molar-refractivity contribution in [1.29, 1.82) is 0 Å². The predicted octanol–water partition coefficient (Wildman–Crippen LogP) is 4.54. The van der Waals surface area contributed by atoms with Crippen LogP contribution >= 0.6 is 0 Å². The van der Waals surface area contributed by atoms with Crippen LogP contribution in [0.3, 0.4) is 0 Å². The van der Waals surface area contributed by atoms with Gasteiger partial charge in [-0.15, -0.1) is 0 Å². The maximum atomic E-state index is 2.32. The Bertz CT molecular complexity index is 576.